The maximum absolute atomic E-state index is 11.9. The Labute approximate surface area is 119 Å². The summed E-state index contributed by atoms with van der Waals surface area (Å²) in [5.74, 6) is 0.907. The van der Waals surface area contributed by atoms with Crippen molar-refractivity contribution in [1.29, 1.82) is 0 Å². The van der Waals surface area contributed by atoms with Crippen LogP contribution < -0.4 is 10.1 Å². The summed E-state index contributed by atoms with van der Waals surface area (Å²) < 4.78 is 7.69. The fourth-order valence-electron chi connectivity index (χ4n) is 2.19. The van der Waals surface area contributed by atoms with Gasteiger partial charge in [-0.1, -0.05) is 13.0 Å². The van der Waals surface area contributed by atoms with Crippen LogP contribution in [0.5, 0.6) is 5.75 Å². The molecule has 0 fully saturated rings. The van der Waals surface area contributed by atoms with Crippen LogP contribution >= 0.6 is 0 Å². The van der Waals surface area contributed by atoms with E-state index < -0.39 is 0 Å². The maximum Gasteiger partial charge on any atom is 0.240 e. The quantitative estimate of drug-likeness (QED) is 0.880. The van der Waals surface area contributed by atoms with Gasteiger partial charge in [0, 0.05) is 17.6 Å². The molecule has 0 aliphatic heterocycles. The van der Waals surface area contributed by atoms with Crippen LogP contribution in [0.2, 0.25) is 0 Å². The third kappa shape index (κ3) is 3.32. The van der Waals surface area contributed by atoms with Crippen molar-refractivity contribution in [3.63, 3.8) is 0 Å². The Hall–Kier alpha value is -1.97. The molecule has 0 aliphatic carbocycles. The number of rotatable bonds is 6. The van der Waals surface area contributed by atoms with Gasteiger partial charge in [0.15, 0.2) is 0 Å². The van der Waals surface area contributed by atoms with Crippen molar-refractivity contribution in [3.05, 3.63) is 30.5 Å². The average Bonchev–Trinajstić information content (AvgIpc) is 2.79. The maximum atomic E-state index is 11.9. The SMILES string of the molecule is CCCOc1cccc2c1ccn2CC(=O)NC(C)C. The minimum atomic E-state index is 0.0254. The molecule has 1 heterocycles. The van der Waals surface area contributed by atoms with Gasteiger partial charge >= 0.3 is 0 Å². The molecular weight excluding hydrogens is 252 g/mol. The zero-order valence-electron chi connectivity index (χ0n) is 12.3. The normalized spacial score (nSPS) is 11.0. The largest absolute Gasteiger partial charge is 0.493 e. The van der Waals surface area contributed by atoms with E-state index in [0.717, 1.165) is 23.1 Å². The van der Waals surface area contributed by atoms with Crippen molar-refractivity contribution in [1.82, 2.24) is 9.88 Å². The Kier molecular flexibility index (Phi) is 4.66. The summed E-state index contributed by atoms with van der Waals surface area (Å²) in [6.45, 7) is 7.04. The number of carbonyl (C=O) groups is 1. The fraction of sp³-hybridized carbons (Fsp3) is 0.438. The first kappa shape index (κ1) is 14.4. The molecule has 1 aromatic carbocycles. The molecule has 20 heavy (non-hydrogen) atoms. The average molecular weight is 274 g/mol. The van der Waals surface area contributed by atoms with Gasteiger partial charge in [0.05, 0.1) is 12.1 Å². The van der Waals surface area contributed by atoms with Crippen LogP contribution in [0.15, 0.2) is 30.5 Å². The minimum Gasteiger partial charge on any atom is -0.493 e. The Balaban J connectivity index is 2.21. The Bertz CT molecular complexity index is 587. The van der Waals surface area contributed by atoms with Gasteiger partial charge in [0.2, 0.25) is 5.91 Å². The van der Waals surface area contributed by atoms with Crippen molar-refractivity contribution in [2.75, 3.05) is 6.61 Å². The van der Waals surface area contributed by atoms with Gasteiger partial charge in [0.1, 0.15) is 12.3 Å². The van der Waals surface area contributed by atoms with Gasteiger partial charge in [-0.05, 0) is 38.5 Å². The van der Waals surface area contributed by atoms with E-state index in [9.17, 15) is 4.79 Å². The van der Waals surface area contributed by atoms with Gasteiger partial charge in [-0.3, -0.25) is 4.79 Å². The van der Waals surface area contributed by atoms with Gasteiger partial charge in [-0.2, -0.15) is 0 Å². The number of hydrogen-bond acceptors (Lipinski definition) is 2. The minimum absolute atomic E-state index is 0.0254. The van der Waals surface area contributed by atoms with E-state index in [2.05, 4.69) is 12.2 Å². The Morgan fingerprint density at radius 1 is 1.35 bits per heavy atom. The molecule has 1 N–H and O–H groups in total. The summed E-state index contributed by atoms with van der Waals surface area (Å²) >= 11 is 0. The summed E-state index contributed by atoms with van der Waals surface area (Å²) in [6, 6.07) is 8.10. The van der Waals surface area contributed by atoms with E-state index in [1.807, 2.05) is 48.9 Å². The van der Waals surface area contributed by atoms with Crippen molar-refractivity contribution < 1.29 is 9.53 Å². The second-order valence-electron chi connectivity index (χ2n) is 5.20. The van der Waals surface area contributed by atoms with Crippen LogP contribution in [0, 0.1) is 0 Å². The van der Waals surface area contributed by atoms with Gasteiger partial charge in [-0.25, -0.2) is 0 Å². The summed E-state index contributed by atoms with van der Waals surface area (Å²) in [4.78, 5) is 11.9. The Morgan fingerprint density at radius 3 is 2.85 bits per heavy atom. The second-order valence-corrected chi connectivity index (χ2v) is 5.20. The molecule has 0 radical (unpaired) electrons. The smallest absolute Gasteiger partial charge is 0.240 e. The number of hydrogen-bond donors (Lipinski definition) is 1. The van der Waals surface area contributed by atoms with Crippen LogP contribution in [-0.4, -0.2) is 23.1 Å². The highest BCUT2D eigenvalue weighted by Crippen LogP contribution is 2.26. The number of nitrogens with zero attached hydrogens (tertiary/aromatic N) is 1. The van der Waals surface area contributed by atoms with Crippen LogP contribution in [0.3, 0.4) is 0 Å². The summed E-state index contributed by atoms with van der Waals surface area (Å²) in [5, 5.41) is 3.96. The molecule has 1 amide bonds. The fourth-order valence-corrected chi connectivity index (χ4v) is 2.19. The van der Waals surface area contributed by atoms with Crippen LogP contribution in [0.4, 0.5) is 0 Å². The molecule has 0 saturated heterocycles. The third-order valence-corrected chi connectivity index (χ3v) is 3.00. The lowest BCUT2D eigenvalue weighted by molar-refractivity contribution is -0.122. The monoisotopic (exact) mass is 274 g/mol. The molecule has 108 valence electrons. The lowest BCUT2D eigenvalue weighted by atomic mass is 10.2. The van der Waals surface area contributed by atoms with E-state index >= 15 is 0 Å². The molecule has 1 aromatic heterocycles. The number of aromatic nitrogens is 1. The predicted octanol–water partition coefficient (Wildman–Crippen LogP) is 2.95. The summed E-state index contributed by atoms with van der Waals surface area (Å²) in [5.41, 5.74) is 1.03. The molecular formula is C16H22N2O2. The van der Waals surface area contributed by atoms with Crippen molar-refractivity contribution in [2.24, 2.45) is 0 Å². The van der Waals surface area contributed by atoms with Crippen LogP contribution in [0.25, 0.3) is 10.9 Å². The highest BCUT2D eigenvalue weighted by atomic mass is 16.5. The molecule has 2 rings (SSSR count). The highest BCUT2D eigenvalue weighted by Gasteiger charge is 2.09. The summed E-state index contributed by atoms with van der Waals surface area (Å²) in [6.07, 6.45) is 2.91. The van der Waals surface area contributed by atoms with Gasteiger partial charge < -0.3 is 14.6 Å². The summed E-state index contributed by atoms with van der Waals surface area (Å²) in [7, 11) is 0. The Morgan fingerprint density at radius 2 is 2.15 bits per heavy atom. The van der Waals surface area contributed by atoms with E-state index in [-0.39, 0.29) is 11.9 Å². The zero-order valence-corrected chi connectivity index (χ0v) is 12.3. The molecule has 0 bridgehead atoms. The van der Waals surface area contributed by atoms with Crippen molar-refractivity contribution >= 4 is 16.8 Å². The lowest BCUT2D eigenvalue weighted by Crippen LogP contribution is -2.32. The van der Waals surface area contributed by atoms with E-state index in [4.69, 9.17) is 4.74 Å². The lowest BCUT2D eigenvalue weighted by Gasteiger charge is -2.10. The number of ether oxygens (including phenoxy) is 1. The third-order valence-electron chi connectivity index (χ3n) is 3.00. The van der Waals surface area contributed by atoms with E-state index in [1.54, 1.807) is 0 Å². The second kappa shape index (κ2) is 6.46. The van der Waals surface area contributed by atoms with E-state index in [1.165, 1.54) is 0 Å². The molecule has 0 spiro atoms. The first-order valence-corrected chi connectivity index (χ1v) is 7.12. The topological polar surface area (TPSA) is 43.3 Å². The van der Waals surface area contributed by atoms with Crippen LogP contribution in [0.1, 0.15) is 27.2 Å². The highest BCUT2D eigenvalue weighted by molar-refractivity contribution is 5.88. The molecule has 4 heteroatoms. The van der Waals surface area contributed by atoms with Crippen molar-refractivity contribution in [3.8, 4) is 5.75 Å². The number of benzene rings is 1. The standard InChI is InChI=1S/C16H22N2O2/c1-4-10-20-15-7-5-6-14-13(15)8-9-18(14)11-16(19)17-12(2)3/h5-9,12H,4,10-11H2,1-3H3,(H,17,19). The van der Waals surface area contributed by atoms with Crippen molar-refractivity contribution in [2.45, 2.75) is 39.8 Å². The molecule has 2 aromatic rings. The molecule has 4 nitrogen and oxygen atoms in total. The van der Waals surface area contributed by atoms with Crippen LogP contribution in [-0.2, 0) is 11.3 Å². The zero-order chi connectivity index (χ0) is 14.5. The molecule has 0 unspecified atom stereocenters. The van der Waals surface area contributed by atoms with Gasteiger partial charge in [0.25, 0.3) is 0 Å². The number of fused-ring (bicyclic) bond motifs is 1. The van der Waals surface area contributed by atoms with Gasteiger partial charge in [-0.15, -0.1) is 0 Å². The molecule has 0 saturated carbocycles. The number of amides is 1. The first-order valence-electron chi connectivity index (χ1n) is 7.12. The number of carbonyl (C=O) groups excluding carboxylic acids is 1. The first-order chi connectivity index (χ1) is 9.61. The van der Waals surface area contributed by atoms with E-state index in [0.29, 0.717) is 13.2 Å². The number of nitrogens with one attached hydrogen (secondary N) is 1. The molecule has 0 aliphatic rings. The molecule has 0 atom stereocenters. The predicted molar refractivity (Wildman–Crippen MR) is 81.0 cm³/mol.